The van der Waals surface area contributed by atoms with E-state index in [1.807, 2.05) is 19.9 Å². The van der Waals surface area contributed by atoms with Gasteiger partial charge >= 0.3 is 0 Å². The summed E-state index contributed by atoms with van der Waals surface area (Å²) in [5.41, 5.74) is -0.684. The van der Waals surface area contributed by atoms with Gasteiger partial charge in [0.25, 0.3) is 5.91 Å². The Morgan fingerprint density at radius 1 is 1.26 bits per heavy atom. The van der Waals surface area contributed by atoms with Crippen molar-refractivity contribution in [3.63, 3.8) is 0 Å². The number of H-pyrrole nitrogens is 1. The third-order valence-corrected chi connectivity index (χ3v) is 5.17. The van der Waals surface area contributed by atoms with Gasteiger partial charge in [0, 0.05) is 12.2 Å². The van der Waals surface area contributed by atoms with Crippen LogP contribution < -0.4 is 5.32 Å². The maximum Gasteiger partial charge on any atom is 0.270 e. The molecule has 0 saturated carbocycles. The van der Waals surface area contributed by atoms with Gasteiger partial charge in [-0.2, -0.15) is 10.4 Å². The third kappa shape index (κ3) is 4.26. The van der Waals surface area contributed by atoms with Crippen LogP contribution in [0.5, 0.6) is 0 Å². The molecule has 2 heterocycles. The lowest BCUT2D eigenvalue weighted by molar-refractivity contribution is -0.0469. The monoisotopic (exact) mass is 432 g/mol. The number of hydrogen-bond donors (Lipinski definition) is 2. The topological polar surface area (TPSA) is 99.4 Å². The second-order valence-corrected chi connectivity index (χ2v) is 8.20. The number of nitriles is 1. The first-order valence-electron chi connectivity index (χ1n) is 9.72. The average molecular weight is 432 g/mol. The number of alkyl halides is 3. The largest absolute Gasteiger partial charge is 0.340 e. The SMILES string of the molecule is CC(C)n1nccc1C(=O)NC(c1nc2ccc(C#N)cc2[nH]1)C(F)C(C)(C)C(F)F. The molecule has 2 N–H and O–H groups in total. The molecule has 3 rings (SSSR count). The molecule has 0 aliphatic carbocycles. The van der Waals surface area contributed by atoms with Gasteiger partial charge in [0.15, 0.2) is 0 Å². The Morgan fingerprint density at radius 3 is 2.58 bits per heavy atom. The number of aromatic nitrogens is 4. The third-order valence-electron chi connectivity index (χ3n) is 5.17. The van der Waals surface area contributed by atoms with Gasteiger partial charge in [-0.15, -0.1) is 0 Å². The van der Waals surface area contributed by atoms with Crippen molar-refractivity contribution >= 4 is 16.9 Å². The van der Waals surface area contributed by atoms with Gasteiger partial charge in [-0.1, -0.05) is 13.8 Å². The van der Waals surface area contributed by atoms with Crippen molar-refractivity contribution in [2.24, 2.45) is 5.41 Å². The highest BCUT2D eigenvalue weighted by molar-refractivity contribution is 5.93. The number of fused-ring (bicyclic) bond motifs is 1. The number of carbonyl (C=O) groups is 1. The van der Waals surface area contributed by atoms with Crippen LogP contribution in [0.15, 0.2) is 30.5 Å². The van der Waals surface area contributed by atoms with Crippen molar-refractivity contribution in [2.75, 3.05) is 0 Å². The van der Waals surface area contributed by atoms with Gasteiger partial charge in [0.05, 0.1) is 28.1 Å². The van der Waals surface area contributed by atoms with Gasteiger partial charge in [-0.3, -0.25) is 9.48 Å². The number of imidazole rings is 1. The number of carbonyl (C=O) groups excluding carboxylic acids is 1. The average Bonchev–Trinajstić information content (AvgIpc) is 3.37. The van der Waals surface area contributed by atoms with Gasteiger partial charge < -0.3 is 10.3 Å². The number of nitrogens with zero attached hydrogens (tertiary/aromatic N) is 4. The number of nitrogens with one attached hydrogen (secondary N) is 2. The van der Waals surface area contributed by atoms with E-state index < -0.39 is 30.0 Å². The van der Waals surface area contributed by atoms with Gasteiger partial charge in [-0.05, 0) is 38.1 Å². The molecule has 2 aromatic heterocycles. The van der Waals surface area contributed by atoms with Crippen LogP contribution in [0, 0.1) is 16.7 Å². The van der Waals surface area contributed by atoms with Crippen molar-refractivity contribution in [3.8, 4) is 6.07 Å². The molecule has 3 aromatic rings. The van der Waals surface area contributed by atoms with Crippen molar-refractivity contribution < 1.29 is 18.0 Å². The lowest BCUT2D eigenvalue weighted by Gasteiger charge is -2.33. The zero-order valence-corrected chi connectivity index (χ0v) is 17.5. The maximum absolute atomic E-state index is 15.5. The molecule has 164 valence electrons. The van der Waals surface area contributed by atoms with Crippen molar-refractivity contribution in [2.45, 2.75) is 52.4 Å². The molecular formula is C21H23F3N6O. The molecule has 0 saturated heterocycles. The summed E-state index contributed by atoms with van der Waals surface area (Å²) in [6.45, 7) is 5.84. The first-order valence-corrected chi connectivity index (χ1v) is 9.72. The van der Waals surface area contributed by atoms with E-state index in [9.17, 15) is 13.6 Å². The van der Waals surface area contributed by atoms with Crippen LogP contribution in [0.3, 0.4) is 0 Å². The molecule has 0 aliphatic heterocycles. The summed E-state index contributed by atoms with van der Waals surface area (Å²) in [5.74, 6) is -0.683. The van der Waals surface area contributed by atoms with E-state index in [0.717, 1.165) is 13.8 Å². The molecule has 31 heavy (non-hydrogen) atoms. The first kappa shape index (κ1) is 22.3. The van der Waals surface area contributed by atoms with Crippen LogP contribution in [0.4, 0.5) is 13.2 Å². The fourth-order valence-corrected chi connectivity index (χ4v) is 3.20. The number of halogens is 3. The molecule has 0 radical (unpaired) electrons. The number of benzene rings is 1. The smallest absolute Gasteiger partial charge is 0.270 e. The van der Waals surface area contributed by atoms with Crippen molar-refractivity contribution in [1.29, 1.82) is 5.26 Å². The minimum atomic E-state index is -2.97. The number of hydrogen-bond acceptors (Lipinski definition) is 4. The van der Waals surface area contributed by atoms with Gasteiger partial charge in [-0.25, -0.2) is 18.2 Å². The predicted molar refractivity (Wildman–Crippen MR) is 108 cm³/mol. The number of amides is 1. The molecule has 0 bridgehead atoms. The van der Waals surface area contributed by atoms with Crippen LogP contribution in [-0.4, -0.2) is 38.3 Å². The molecule has 7 nitrogen and oxygen atoms in total. The van der Waals surface area contributed by atoms with E-state index in [4.69, 9.17) is 5.26 Å². The molecule has 1 amide bonds. The lowest BCUT2D eigenvalue weighted by atomic mass is 9.83. The Kier molecular flexibility index (Phi) is 6.06. The second-order valence-electron chi connectivity index (χ2n) is 8.20. The summed E-state index contributed by atoms with van der Waals surface area (Å²) in [6.07, 6.45) is -3.70. The number of aromatic amines is 1. The molecule has 2 atom stereocenters. The fraction of sp³-hybridized carbons (Fsp3) is 0.429. The van der Waals surface area contributed by atoms with Crippen molar-refractivity contribution in [3.05, 3.63) is 47.5 Å². The summed E-state index contributed by atoms with van der Waals surface area (Å²) in [5, 5.41) is 15.7. The Morgan fingerprint density at radius 2 is 1.97 bits per heavy atom. The molecule has 0 spiro atoms. The fourth-order valence-electron chi connectivity index (χ4n) is 3.20. The molecule has 2 unspecified atom stereocenters. The Labute approximate surface area is 177 Å². The van der Waals surface area contributed by atoms with E-state index in [0.29, 0.717) is 16.6 Å². The predicted octanol–water partition coefficient (Wildman–Crippen LogP) is 4.31. The normalized spacial score (nSPS) is 14.1. The first-order chi connectivity index (χ1) is 14.6. The quantitative estimate of drug-likeness (QED) is 0.581. The minimum absolute atomic E-state index is 0.0183. The summed E-state index contributed by atoms with van der Waals surface area (Å²) in [6, 6.07) is 6.46. The van der Waals surface area contributed by atoms with Crippen LogP contribution in [0.25, 0.3) is 11.0 Å². The Balaban J connectivity index is 2.04. The maximum atomic E-state index is 15.5. The zero-order chi connectivity index (χ0) is 22.9. The van der Waals surface area contributed by atoms with E-state index in [-0.39, 0.29) is 17.6 Å². The lowest BCUT2D eigenvalue weighted by Crippen LogP contribution is -2.45. The highest BCUT2D eigenvalue weighted by Crippen LogP contribution is 2.38. The molecule has 0 aliphatic rings. The summed E-state index contributed by atoms with van der Waals surface area (Å²) in [7, 11) is 0. The highest BCUT2D eigenvalue weighted by atomic mass is 19.3. The van der Waals surface area contributed by atoms with Crippen LogP contribution in [-0.2, 0) is 0 Å². The summed E-state index contributed by atoms with van der Waals surface area (Å²) < 4.78 is 44.1. The second kappa shape index (κ2) is 8.41. The molecule has 10 heteroatoms. The Bertz CT molecular complexity index is 1130. The summed E-state index contributed by atoms with van der Waals surface area (Å²) >= 11 is 0. The van der Waals surface area contributed by atoms with E-state index in [1.54, 1.807) is 6.07 Å². The zero-order valence-electron chi connectivity index (χ0n) is 17.5. The molecular weight excluding hydrogens is 409 g/mol. The Hall–Kier alpha value is -3.35. The molecule has 0 fully saturated rings. The van der Waals surface area contributed by atoms with Crippen LogP contribution >= 0.6 is 0 Å². The standard InChI is InChI=1S/C21H23F3N6O/c1-11(2)30-15(7-8-26-30)19(31)29-16(17(22)21(3,4)20(23)24)18-27-13-6-5-12(10-25)9-14(13)28-18/h5-9,11,16-17,20H,1-4H3,(H,27,28)(H,29,31). The van der Waals surface area contributed by atoms with Gasteiger partial charge in [0.2, 0.25) is 6.43 Å². The minimum Gasteiger partial charge on any atom is -0.340 e. The highest BCUT2D eigenvalue weighted by Gasteiger charge is 2.45. The van der Waals surface area contributed by atoms with Crippen molar-refractivity contribution in [1.82, 2.24) is 25.1 Å². The number of rotatable bonds is 7. The summed E-state index contributed by atoms with van der Waals surface area (Å²) in [4.78, 5) is 20.1. The van der Waals surface area contributed by atoms with E-state index in [1.165, 1.54) is 29.1 Å². The van der Waals surface area contributed by atoms with Crippen LogP contribution in [0.2, 0.25) is 0 Å². The van der Waals surface area contributed by atoms with Gasteiger partial charge in [0.1, 0.15) is 23.7 Å². The van der Waals surface area contributed by atoms with Crippen LogP contribution in [0.1, 0.15) is 61.7 Å². The van der Waals surface area contributed by atoms with E-state index >= 15 is 4.39 Å². The molecule has 1 aromatic carbocycles. The van der Waals surface area contributed by atoms with E-state index in [2.05, 4.69) is 20.4 Å².